The van der Waals surface area contributed by atoms with E-state index in [0.29, 0.717) is 10.2 Å². The number of nitrogens with one attached hydrogen (secondary N) is 1. The Morgan fingerprint density at radius 1 is 1.44 bits per heavy atom. The van der Waals surface area contributed by atoms with Gasteiger partial charge in [0.1, 0.15) is 5.82 Å². The zero-order valence-corrected chi connectivity index (χ0v) is 11.3. The van der Waals surface area contributed by atoms with E-state index < -0.39 is 11.8 Å². The Labute approximate surface area is 112 Å². The lowest BCUT2D eigenvalue weighted by molar-refractivity contribution is -0.138. The number of carboxylic acid groups (broad SMARTS) is 1. The van der Waals surface area contributed by atoms with Crippen LogP contribution in [-0.2, 0) is 9.59 Å². The van der Waals surface area contributed by atoms with Gasteiger partial charge in [-0.25, -0.2) is 4.39 Å². The predicted octanol–water partition coefficient (Wildman–Crippen LogP) is 3.03. The van der Waals surface area contributed by atoms with E-state index in [9.17, 15) is 14.0 Å². The molecule has 0 radical (unpaired) electrons. The molecule has 1 rings (SSSR count). The topological polar surface area (TPSA) is 66.4 Å². The van der Waals surface area contributed by atoms with Crippen LogP contribution in [0.5, 0.6) is 0 Å². The second kappa shape index (κ2) is 6.49. The smallest absolute Gasteiger partial charge is 0.303 e. The average molecular weight is 318 g/mol. The molecule has 0 aliphatic rings. The Balaban J connectivity index is 2.54. The first kappa shape index (κ1) is 14.6. The molecule has 4 nitrogen and oxygen atoms in total. The van der Waals surface area contributed by atoms with Gasteiger partial charge in [0.15, 0.2) is 0 Å². The Hall–Kier alpha value is -1.43. The van der Waals surface area contributed by atoms with Crippen LogP contribution in [0.4, 0.5) is 10.1 Å². The molecule has 1 aromatic carbocycles. The number of halogens is 2. The number of anilines is 1. The first-order chi connectivity index (χ1) is 8.38. The van der Waals surface area contributed by atoms with Gasteiger partial charge in [-0.1, -0.05) is 6.92 Å². The van der Waals surface area contributed by atoms with Crippen molar-refractivity contribution in [3.8, 4) is 0 Å². The van der Waals surface area contributed by atoms with Gasteiger partial charge in [0.05, 0.1) is 4.47 Å². The van der Waals surface area contributed by atoms with Gasteiger partial charge in [0, 0.05) is 18.5 Å². The van der Waals surface area contributed by atoms with Crippen LogP contribution in [0.25, 0.3) is 0 Å². The number of benzene rings is 1. The molecule has 1 aromatic rings. The van der Waals surface area contributed by atoms with Gasteiger partial charge in [-0.3, -0.25) is 9.59 Å². The molecule has 0 bridgehead atoms. The SMILES string of the molecule is CC(CC(=O)O)CC(=O)Nc1ccc(Br)c(F)c1. The summed E-state index contributed by atoms with van der Waals surface area (Å²) in [5.74, 6) is -2.00. The monoisotopic (exact) mass is 317 g/mol. The van der Waals surface area contributed by atoms with Crippen molar-refractivity contribution >= 4 is 33.5 Å². The summed E-state index contributed by atoms with van der Waals surface area (Å²) < 4.78 is 13.5. The lowest BCUT2D eigenvalue weighted by atomic mass is 10.0. The molecule has 0 aliphatic heterocycles. The molecule has 1 unspecified atom stereocenters. The highest BCUT2D eigenvalue weighted by Gasteiger charge is 2.13. The third kappa shape index (κ3) is 4.83. The Morgan fingerprint density at radius 3 is 2.67 bits per heavy atom. The van der Waals surface area contributed by atoms with Gasteiger partial charge in [-0.2, -0.15) is 0 Å². The van der Waals surface area contributed by atoms with Gasteiger partial charge >= 0.3 is 5.97 Å². The Morgan fingerprint density at radius 2 is 2.11 bits per heavy atom. The van der Waals surface area contributed by atoms with Gasteiger partial charge in [0.25, 0.3) is 0 Å². The first-order valence-electron chi connectivity index (χ1n) is 5.35. The molecule has 0 aromatic heterocycles. The van der Waals surface area contributed by atoms with E-state index in [-0.39, 0.29) is 24.7 Å². The molecule has 1 amide bonds. The fraction of sp³-hybridized carbons (Fsp3) is 0.333. The van der Waals surface area contributed by atoms with Crippen molar-refractivity contribution in [3.05, 3.63) is 28.5 Å². The zero-order valence-electron chi connectivity index (χ0n) is 9.74. The minimum Gasteiger partial charge on any atom is -0.481 e. The van der Waals surface area contributed by atoms with Crippen LogP contribution in [-0.4, -0.2) is 17.0 Å². The van der Waals surface area contributed by atoms with E-state index >= 15 is 0 Å². The molecular formula is C12H13BrFNO3. The fourth-order valence-corrected chi connectivity index (χ4v) is 1.72. The van der Waals surface area contributed by atoms with Gasteiger partial charge in [0.2, 0.25) is 5.91 Å². The van der Waals surface area contributed by atoms with Crippen molar-refractivity contribution < 1.29 is 19.1 Å². The Kier molecular flexibility index (Phi) is 5.27. The number of carboxylic acids is 1. The van der Waals surface area contributed by atoms with Crippen LogP contribution in [0.15, 0.2) is 22.7 Å². The van der Waals surface area contributed by atoms with E-state index in [0.717, 1.165) is 0 Å². The first-order valence-corrected chi connectivity index (χ1v) is 6.14. The van der Waals surface area contributed by atoms with Crippen LogP contribution < -0.4 is 5.32 Å². The zero-order chi connectivity index (χ0) is 13.7. The van der Waals surface area contributed by atoms with Crippen LogP contribution in [0, 0.1) is 11.7 Å². The largest absolute Gasteiger partial charge is 0.481 e. The van der Waals surface area contributed by atoms with E-state index in [1.165, 1.54) is 12.1 Å². The number of carbonyl (C=O) groups excluding carboxylic acids is 1. The number of rotatable bonds is 5. The summed E-state index contributed by atoms with van der Waals surface area (Å²) in [6.07, 6.45) is 0.0199. The maximum atomic E-state index is 13.2. The van der Waals surface area contributed by atoms with E-state index in [1.54, 1.807) is 13.0 Å². The molecule has 0 saturated heterocycles. The lowest BCUT2D eigenvalue weighted by Gasteiger charge is -2.09. The summed E-state index contributed by atoms with van der Waals surface area (Å²) in [4.78, 5) is 22.0. The van der Waals surface area contributed by atoms with E-state index in [1.807, 2.05) is 0 Å². The third-order valence-corrected chi connectivity index (χ3v) is 2.90. The number of amides is 1. The molecule has 2 N–H and O–H groups in total. The molecule has 0 spiro atoms. The fourth-order valence-electron chi connectivity index (χ4n) is 1.47. The van der Waals surface area contributed by atoms with Crippen molar-refractivity contribution in [2.45, 2.75) is 19.8 Å². The lowest BCUT2D eigenvalue weighted by Crippen LogP contribution is -2.17. The van der Waals surface area contributed by atoms with Gasteiger partial charge in [-0.05, 0) is 40.0 Å². The molecule has 0 aliphatic carbocycles. The minimum atomic E-state index is -0.940. The number of hydrogen-bond acceptors (Lipinski definition) is 2. The van der Waals surface area contributed by atoms with Crippen molar-refractivity contribution in [2.75, 3.05) is 5.32 Å². The number of hydrogen-bond donors (Lipinski definition) is 2. The summed E-state index contributed by atoms with van der Waals surface area (Å²) >= 11 is 3.01. The van der Waals surface area contributed by atoms with Crippen LogP contribution in [0.2, 0.25) is 0 Å². The predicted molar refractivity (Wildman–Crippen MR) is 68.8 cm³/mol. The second-order valence-corrected chi connectivity index (χ2v) is 4.94. The van der Waals surface area contributed by atoms with Gasteiger partial charge < -0.3 is 10.4 Å². The van der Waals surface area contributed by atoms with Crippen LogP contribution >= 0.6 is 15.9 Å². The summed E-state index contributed by atoms with van der Waals surface area (Å²) in [6, 6.07) is 4.25. The summed E-state index contributed by atoms with van der Waals surface area (Å²) in [5, 5.41) is 11.1. The molecule has 1 atom stereocenters. The molecule has 0 saturated carbocycles. The van der Waals surface area contributed by atoms with E-state index in [2.05, 4.69) is 21.2 Å². The summed E-state index contributed by atoms with van der Waals surface area (Å²) in [5.41, 5.74) is 0.350. The molecule has 6 heteroatoms. The molecule has 0 heterocycles. The average Bonchev–Trinajstić information content (AvgIpc) is 2.21. The molecule has 0 fully saturated rings. The normalized spacial score (nSPS) is 11.9. The molecule has 98 valence electrons. The molecular weight excluding hydrogens is 305 g/mol. The van der Waals surface area contributed by atoms with Crippen molar-refractivity contribution in [3.63, 3.8) is 0 Å². The summed E-state index contributed by atoms with van der Waals surface area (Å²) in [7, 11) is 0. The quantitative estimate of drug-likeness (QED) is 0.877. The van der Waals surface area contributed by atoms with Crippen molar-refractivity contribution in [1.82, 2.24) is 0 Å². The number of aliphatic carboxylic acids is 1. The Bertz CT molecular complexity index is 465. The molecule has 18 heavy (non-hydrogen) atoms. The van der Waals surface area contributed by atoms with Crippen LogP contribution in [0.1, 0.15) is 19.8 Å². The number of carbonyl (C=O) groups is 2. The highest BCUT2D eigenvalue weighted by Crippen LogP contribution is 2.19. The standard InChI is InChI=1S/C12H13BrFNO3/c1-7(5-12(17)18)4-11(16)15-8-2-3-9(13)10(14)6-8/h2-3,6-7H,4-5H2,1H3,(H,15,16)(H,17,18). The minimum absolute atomic E-state index is 0.0673. The van der Waals surface area contributed by atoms with Crippen molar-refractivity contribution in [2.24, 2.45) is 5.92 Å². The maximum absolute atomic E-state index is 13.2. The van der Waals surface area contributed by atoms with Crippen molar-refractivity contribution in [1.29, 1.82) is 0 Å². The van der Waals surface area contributed by atoms with Gasteiger partial charge in [-0.15, -0.1) is 0 Å². The summed E-state index contributed by atoms with van der Waals surface area (Å²) in [6.45, 7) is 1.68. The second-order valence-electron chi connectivity index (χ2n) is 4.08. The van der Waals surface area contributed by atoms with Crippen LogP contribution in [0.3, 0.4) is 0 Å². The highest BCUT2D eigenvalue weighted by atomic mass is 79.9. The maximum Gasteiger partial charge on any atom is 0.303 e. The highest BCUT2D eigenvalue weighted by molar-refractivity contribution is 9.10. The van der Waals surface area contributed by atoms with E-state index in [4.69, 9.17) is 5.11 Å². The third-order valence-electron chi connectivity index (χ3n) is 2.26.